The van der Waals surface area contributed by atoms with Crippen LogP contribution in [0.25, 0.3) is 22.8 Å². The Morgan fingerprint density at radius 3 is 2.43 bits per heavy atom. The lowest BCUT2D eigenvalue weighted by Crippen LogP contribution is -2.15. The third kappa shape index (κ3) is 4.04. The summed E-state index contributed by atoms with van der Waals surface area (Å²) < 4.78 is 39.8. The number of nitrogens with zero attached hydrogens (tertiary/aromatic N) is 2. The first-order valence-corrected chi connectivity index (χ1v) is 10.8. The highest BCUT2D eigenvalue weighted by molar-refractivity contribution is 7.92. The number of hydrogen-bond acceptors (Lipinski definition) is 6. The van der Waals surface area contributed by atoms with Crippen molar-refractivity contribution in [3.8, 4) is 28.6 Å². The van der Waals surface area contributed by atoms with Crippen molar-refractivity contribution in [3.05, 3.63) is 78.9 Å². The average molecular weight is 421 g/mol. The van der Waals surface area contributed by atoms with E-state index in [0.29, 0.717) is 29.4 Å². The molecule has 0 saturated carbocycles. The maximum absolute atomic E-state index is 13.2. The van der Waals surface area contributed by atoms with E-state index in [0.717, 1.165) is 5.56 Å². The van der Waals surface area contributed by atoms with E-state index < -0.39 is 10.0 Å². The zero-order chi connectivity index (χ0) is 21.0. The SMILES string of the molecule is CCOc1ccccc1NS(=O)(=O)c1ccccc1-c1nc(-c2ccccc2)no1. The Morgan fingerprint density at radius 2 is 1.63 bits per heavy atom. The molecule has 3 aromatic carbocycles. The van der Waals surface area contributed by atoms with Crippen LogP contribution in [-0.2, 0) is 10.0 Å². The summed E-state index contributed by atoms with van der Waals surface area (Å²) in [5.41, 5.74) is 1.44. The standard InChI is InChI=1S/C22H19N3O4S/c1-2-28-19-14-8-7-13-18(19)25-30(26,27)20-15-9-6-12-17(20)22-23-21(24-29-22)16-10-4-3-5-11-16/h3-15,25H,2H2,1H3. The fourth-order valence-electron chi connectivity index (χ4n) is 2.95. The molecule has 0 saturated heterocycles. The zero-order valence-electron chi connectivity index (χ0n) is 16.1. The molecule has 1 heterocycles. The van der Waals surface area contributed by atoms with Gasteiger partial charge in [-0.2, -0.15) is 4.98 Å². The molecule has 0 radical (unpaired) electrons. The Balaban J connectivity index is 1.71. The Morgan fingerprint density at radius 1 is 0.933 bits per heavy atom. The van der Waals surface area contributed by atoms with Crippen molar-refractivity contribution in [3.63, 3.8) is 0 Å². The monoisotopic (exact) mass is 421 g/mol. The molecule has 1 N–H and O–H groups in total. The van der Waals surface area contributed by atoms with Crippen LogP contribution in [-0.4, -0.2) is 25.2 Å². The van der Waals surface area contributed by atoms with Crippen molar-refractivity contribution in [1.29, 1.82) is 0 Å². The summed E-state index contributed by atoms with van der Waals surface area (Å²) in [7, 11) is -3.95. The van der Waals surface area contributed by atoms with Gasteiger partial charge in [-0.05, 0) is 31.2 Å². The van der Waals surface area contributed by atoms with Crippen LogP contribution in [0.1, 0.15) is 6.92 Å². The third-order valence-electron chi connectivity index (χ3n) is 4.30. The van der Waals surface area contributed by atoms with Crippen molar-refractivity contribution in [2.24, 2.45) is 0 Å². The molecule has 0 aliphatic carbocycles. The Bertz CT molecular complexity index is 1250. The largest absolute Gasteiger partial charge is 0.492 e. The van der Waals surface area contributed by atoms with Gasteiger partial charge in [0.1, 0.15) is 10.6 Å². The number of sulfonamides is 1. The molecule has 152 valence electrons. The van der Waals surface area contributed by atoms with Gasteiger partial charge in [-0.1, -0.05) is 59.8 Å². The van der Waals surface area contributed by atoms with Gasteiger partial charge < -0.3 is 9.26 Å². The molecule has 0 aliphatic rings. The van der Waals surface area contributed by atoms with E-state index in [9.17, 15) is 8.42 Å². The minimum absolute atomic E-state index is 0.0274. The summed E-state index contributed by atoms with van der Waals surface area (Å²) in [5.74, 6) is 0.950. The molecule has 0 aliphatic heterocycles. The third-order valence-corrected chi connectivity index (χ3v) is 5.72. The number of anilines is 1. The molecule has 4 aromatic rings. The van der Waals surface area contributed by atoms with Crippen LogP contribution in [0.3, 0.4) is 0 Å². The van der Waals surface area contributed by atoms with Gasteiger partial charge >= 0.3 is 0 Å². The van der Waals surface area contributed by atoms with Gasteiger partial charge in [-0.3, -0.25) is 4.72 Å². The molecular formula is C22H19N3O4S. The second kappa shape index (κ2) is 8.38. The van der Waals surface area contributed by atoms with E-state index >= 15 is 0 Å². The minimum atomic E-state index is -3.95. The van der Waals surface area contributed by atoms with Crippen LogP contribution in [0, 0.1) is 0 Å². The summed E-state index contributed by atoms with van der Waals surface area (Å²) in [5, 5.41) is 3.99. The molecule has 7 nitrogen and oxygen atoms in total. The van der Waals surface area contributed by atoms with E-state index in [-0.39, 0.29) is 10.8 Å². The number of hydrogen-bond donors (Lipinski definition) is 1. The molecule has 0 fully saturated rings. The lowest BCUT2D eigenvalue weighted by molar-refractivity contribution is 0.342. The Labute approximate surface area is 174 Å². The maximum Gasteiger partial charge on any atom is 0.262 e. The van der Waals surface area contributed by atoms with Crippen molar-refractivity contribution in [1.82, 2.24) is 10.1 Å². The van der Waals surface area contributed by atoms with E-state index in [4.69, 9.17) is 9.26 Å². The maximum atomic E-state index is 13.2. The first-order valence-electron chi connectivity index (χ1n) is 9.31. The van der Waals surface area contributed by atoms with Crippen LogP contribution >= 0.6 is 0 Å². The first kappa shape index (κ1) is 19.7. The molecule has 0 bridgehead atoms. The van der Waals surface area contributed by atoms with Crippen molar-refractivity contribution in [2.75, 3.05) is 11.3 Å². The number of para-hydroxylation sites is 2. The molecule has 0 spiro atoms. The van der Waals surface area contributed by atoms with Gasteiger partial charge in [-0.15, -0.1) is 0 Å². The van der Waals surface area contributed by atoms with E-state index in [1.165, 1.54) is 6.07 Å². The van der Waals surface area contributed by atoms with Crippen LogP contribution < -0.4 is 9.46 Å². The van der Waals surface area contributed by atoms with Crippen LogP contribution in [0.5, 0.6) is 5.75 Å². The molecule has 1 aromatic heterocycles. The van der Waals surface area contributed by atoms with Gasteiger partial charge in [0.25, 0.3) is 15.9 Å². The second-order valence-corrected chi connectivity index (χ2v) is 7.97. The highest BCUT2D eigenvalue weighted by Crippen LogP contribution is 2.31. The molecule has 0 atom stereocenters. The summed E-state index contributed by atoms with van der Waals surface area (Å²) in [6, 6.07) is 22.7. The average Bonchev–Trinajstić information content (AvgIpc) is 3.26. The van der Waals surface area contributed by atoms with Crippen molar-refractivity contribution >= 4 is 15.7 Å². The fraction of sp³-hybridized carbons (Fsp3) is 0.0909. The zero-order valence-corrected chi connectivity index (χ0v) is 17.0. The van der Waals surface area contributed by atoms with E-state index in [1.54, 1.807) is 42.5 Å². The highest BCUT2D eigenvalue weighted by Gasteiger charge is 2.24. The molecule has 30 heavy (non-hydrogen) atoms. The van der Waals surface area contributed by atoms with Crippen LogP contribution in [0.4, 0.5) is 5.69 Å². The van der Waals surface area contributed by atoms with Crippen LogP contribution in [0.2, 0.25) is 0 Å². The highest BCUT2D eigenvalue weighted by atomic mass is 32.2. The second-order valence-electron chi connectivity index (χ2n) is 6.32. The summed E-state index contributed by atoms with van der Waals surface area (Å²) in [6.45, 7) is 2.25. The number of benzene rings is 3. The van der Waals surface area contributed by atoms with Gasteiger partial charge in [0.15, 0.2) is 0 Å². The van der Waals surface area contributed by atoms with E-state index in [2.05, 4.69) is 14.9 Å². The molecular weight excluding hydrogens is 402 g/mol. The smallest absolute Gasteiger partial charge is 0.262 e. The first-order chi connectivity index (χ1) is 14.6. The molecule has 0 unspecified atom stereocenters. The number of aromatic nitrogens is 2. The minimum Gasteiger partial charge on any atom is -0.492 e. The summed E-state index contributed by atoms with van der Waals surface area (Å²) in [4.78, 5) is 4.41. The number of ether oxygens (including phenoxy) is 1. The molecule has 8 heteroatoms. The van der Waals surface area contributed by atoms with Gasteiger partial charge in [0.05, 0.1) is 17.9 Å². The van der Waals surface area contributed by atoms with Crippen LogP contribution in [0.15, 0.2) is 88.3 Å². The number of rotatable bonds is 7. The quantitative estimate of drug-likeness (QED) is 0.469. The number of nitrogens with one attached hydrogen (secondary N) is 1. The normalized spacial score (nSPS) is 11.2. The van der Waals surface area contributed by atoms with Crippen molar-refractivity contribution in [2.45, 2.75) is 11.8 Å². The summed E-state index contributed by atoms with van der Waals surface area (Å²) >= 11 is 0. The fourth-order valence-corrected chi connectivity index (χ4v) is 4.22. The lowest BCUT2D eigenvalue weighted by Gasteiger charge is -2.13. The van der Waals surface area contributed by atoms with Gasteiger partial charge in [0, 0.05) is 5.56 Å². The summed E-state index contributed by atoms with van der Waals surface area (Å²) in [6.07, 6.45) is 0. The Hall–Kier alpha value is -3.65. The molecule has 0 amide bonds. The van der Waals surface area contributed by atoms with Gasteiger partial charge in [0.2, 0.25) is 5.82 Å². The predicted molar refractivity (Wildman–Crippen MR) is 114 cm³/mol. The van der Waals surface area contributed by atoms with Crippen molar-refractivity contribution < 1.29 is 17.7 Å². The molecule has 4 rings (SSSR count). The van der Waals surface area contributed by atoms with Gasteiger partial charge in [-0.25, -0.2) is 8.42 Å². The predicted octanol–water partition coefficient (Wildman–Crippen LogP) is 4.60. The van der Waals surface area contributed by atoms with E-state index in [1.807, 2.05) is 37.3 Å². The topological polar surface area (TPSA) is 94.3 Å². The lowest BCUT2D eigenvalue weighted by atomic mass is 10.2. The Kier molecular flexibility index (Phi) is 5.49.